The fraction of sp³-hybridized carbons (Fsp3) is 0.286. The van der Waals surface area contributed by atoms with Crippen molar-refractivity contribution in [3.8, 4) is 17.2 Å². The number of ether oxygens (including phenoxy) is 3. The molecule has 0 aliphatic carbocycles. The number of methoxy groups -OCH3 is 3. The second kappa shape index (κ2) is 12.5. The van der Waals surface area contributed by atoms with Crippen LogP contribution in [0.4, 0.5) is 0 Å². The zero-order chi connectivity index (χ0) is 25.2. The molecule has 0 aliphatic heterocycles. The van der Waals surface area contributed by atoms with Crippen molar-refractivity contribution in [3.63, 3.8) is 0 Å². The number of amides is 1. The third-order valence-corrected chi connectivity index (χ3v) is 5.70. The van der Waals surface area contributed by atoms with Crippen molar-refractivity contribution >= 4 is 11.9 Å². The number of hydrogen-bond donors (Lipinski definition) is 1. The predicted octanol–water partition coefficient (Wildman–Crippen LogP) is 4.61. The molecule has 3 aromatic carbocycles. The summed E-state index contributed by atoms with van der Waals surface area (Å²) in [6, 6.07) is 20.3. The van der Waals surface area contributed by atoms with E-state index in [-0.39, 0.29) is 12.3 Å². The van der Waals surface area contributed by atoms with Crippen LogP contribution in [0.2, 0.25) is 0 Å². The first kappa shape index (κ1) is 25.6. The van der Waals surface area contributed by atoms with Gasteiger partial charge in [-0.1, -0.05) is 42.5 Å². The van der Waals surface area contributed by atoms with E-state index in [0.29, 0.717) is 35.7 Å². The van der Waals surface area contributed by atoms with Crippen LogP contribution in [0.5, 0.6) is 17.2 Å². The molecule has 1 amide bonds. The summed E-state index contributed by atoms with van der Waals surface area (Å²) in [4.78, 5) is 26.3. The maximum atomic E-state index is 13.6. The molecule has 3 aromatic rings. The van der Waals surface area contributed by atoms with Crippen LogP contribution in [0.1, 0.15) is 33.5 Å². The van der Waals surface area contributed by atoms with E-state index in [1.165, 1.54) is 0 Å². The van der Waals surface area contributed by atoms with Crippen molar-refractivity contribution in [1.29, 1.82) is 0 Å². The Labute approximate surface area is 205 Å². The Morgan fingerprint density at radius 1 is 0.829 bits per heavy atom. The zero-order valence-corrected chi connectivity index (χ0v) is 20.3. The SMILES string of the molecule is COc1cc(OC)cc(C(=O)N(CCCc2ccccc2OC)Cc2ccc(CC(=O)O)cc2)c1. The van der Waals surface area contributed by atoms with Crippen LogP contribution in [0.15, 0.2) is 66.7 Å². The van der Waals surface area contributed by atoms with E-state index >= 15 is 0 Å². The average molecular weight is 478 g/mol. The molecule has 0 aromatic heterocycles. The molecule has 0 spiro atoms. The summed E-state index contributed by atoms with van der Waals surface area (Å²) < 4.78 is 16.1. The highest BCUT2D eigenvalue weighted by atomic mass is 16.5. The highest BCUT2D eigenvalue weighted by molar-refractivity contribution is 5.95. The minimum atomic E-state index is -0.877. The standard InChI is InChI=1S/C28H31NO6/c1-33-24-16-23(17-25(18-24)34-2)28(32)29(14-6-8-22-7-4-5-9-26(22)35-3)19-21-12-10-20(11-13-21)15-27(30)31/h4-5,7,9-13,16-18H,6,8,14-15,19H2,1-3H3,(H,30,31). The van der Waals surface area contributed by atoms with Crippen molar-refractivity contribution < 1.29 is 28.9 Å². The molecule has 0 aliphatic rings. The van der Waals surface area contributed by atoms with Crippen LogP contribution in [0.3, 0.4) is 0 Å². The molecular weight excluding hydrogens is 446 g/mol. The summed E-state index contributed by atoms with van der Waals surface area (Å²) in [6.07, 6.45) is 1.46. The molecule has 1 N–H and O–H groups in total. The lowest BCUT2D eigenvalue weighted by Crippen LogP contribution is -2.32. The van der Waals surface area contributed by atoms with Crippen LogP contribution < -0.4 is 14.2 Å². The molecule has 0 saturated carbocycles. The van der Waals surface area contributed by atoms with Crippen LogP contribution in [-0.4, -0.2) is 49.8 Å². The molecule has 184 valence electrons. The zero-order valence-electron chi connectivity index (χ0n) is 20.3. The van der Waals surface area contributed by atoms with Gasteiger partial charge in [0.2, 0.25) is 0 Å². The second-order valence-corrected chi connectivity index (χ2v) is 8.13. The van der Waals surface area contributed by atoms with E-state index < -0.39 is 5.97 Å². The third kappa shape index (κ3) is 7.24. The van der Waals surface area contributed by atoms with E-state index in [2.05, 4.69) is 0 Å². The summed E-state index contributed by atoms with van der Waals surface area (Å²) in [5.74, 6) is 0.894. The molecule has 35 heavy (non-hydrogen) atoms. The van der Waals surface area contributed by atoms with Gasteiger partial charge in [-0.2, -0.15) is 0 Å². The number of carboxylic acid groups (broad SMARTS) is 1. The Hall–Kier alpha value is -4.00. The summed E-state index contributed by atoms with van der Waals surface area (Å²) in [5.41, 5.74) is 3.19. The number of hydrogen-bond acceptors (Lipinski definition) is 5. The Morgan fingerprint density at radius 2 is 1.46 bits per heavy atom. The van der Waals surface area contributed by atoms with Crippen molar-refractivity contribution in [1.82, 2.24) is 4.90 Å². The number of carbonyl (C=O) groups is 2. The number of benzene rings is 3. The Balaban J connectivity index is 1.81. The molecule has 0 atom stereocenters. The number of carboxylic acids is 1. The molecule has 7 nitrogen and oxygen atoms in total. The summed E-state index contributed by atoms with van der Waals surface area (Å²) in [6.45, 7) is 0.908. The number of rotatable bonds is 12. The van der Waals surface area contributed by atoms with Gasteiger partial charge < -0.3 is 24.2 Å². The van der Waals surface area contributed by atoms with Crippen LogP contribution in [-0.2, 0) is 24.2 Å². The van der Waals surface area contributed by atoms with Gasteiger partial charge in [0, 0.05) is 24.7 Å². The van der Waals surface area contributed by atoms with E-state index in [1.807, 2.05) is 36.4 Å². The van der Waals surface area contributed by atoms with Crippen LogP contribution in [0.25, 0.3) is 0 Å². The summed E-state index contributed by atoms with van der Waals surface area (Å²) >= 11 is 0. The van der Waals surface area contributed by atoms with Crippen molar-refractivity contribution in [2.45, 2.75) is 25.8 Å². The molecule has 0 unspecified atom stereocenters. The fourth-order valence-electron chi connectivity index (χ4n) is 3.89. The normalized spacial score (nSPS) is 10.5. The number of carbonyl (C=O) groups excluding carboxylic acids is 1. The third-order valence-electron chi connectivity index (χ3n) is 5.70. The van der Waals surface area contributed by atoms with Gasteiger partial charge in [-0.25, -0.2) is 0 Å². The lowest BCUT2D eigenvalue weighted by atomic mass is 10.1. The molecule has 0 radical (unpaired) electrons. The van der Waals surface area contributed by atoms with E-state index in [4.69, 9.17) is 19.3 Å². The first-order valence-corrected chi connectivity index (χ1v) is 11.4. The molecule has 0 saturated heterocycles. The number of aliphatic carboxylic acids is 1. The van der Waals surface area contributed by atoms with Crippen molar-refractivity contribution in [2.24, 2.45) is 0 Å². The maximum absolute atomic E-state index is 13.6. The minimum absolute atomic E-state index is 0.0363. The monoisotopic (exact) mass is 477 g/mol. The molecule has 0 fully saturated rings. The highest BCUT2D eigenvalue weighted by Crippen LogP contribution is 2.25. The van der Waals surface area contributed by atoms with Gasteiger partial charge >= 0.3 is 5.97 Å². The van der Waals surface area contributed by atoms with Gasteiger partial charge in [0.25, 0.3) is 5.91 Å². The lowest BCUT2D eigenvalue weighted by Gasteiger charge is -2.24. The first-order valence-electron chi connectivity index (χ1n) is 11.4. The van der Waals surface area contributed by atoms with Gasteiger partial charge in [-0.05, 0) is 47.7 Å². The minimum Gasteiger partial charge on any atom is -0.497 e. The van der Waals surface area contributed by atoms with Gasteiger partial charge in [-0.3, -0.25) is 9.59 Å². The largest absolute Gasteiger partial charge is 0.497 e. The lowest BCUT2D eigenvalue weighted by molar-refractivity contribution is -0.136. The summed E-state index contributed by atoms with van der Waals surface area (Å²) in [5, 5.41) is 9.01. The van der Waals surface area contributed by atoms with E-state index in [1.54, 1.807) is 56.6 Å². The van der Waals surface area contributed by atoms with Gasteiger partial charge in [0.15, 0.2) is 0 Å². The van der Waals surface area contributed by atoms with Crippen molar-refractivity contribution in [2.75, 3.05) is 27.9 Å². The first-order chi connectivity index (χ1) is 16.9. The topological polar surface area (TPSA) is 85.3 Å². The molecular formula is C28H31NO6. The number of aryl methyl sites for hydroxylation is 1. The fourth-order valence-corrected chi connectivity index (χ4v) is 3.89. The van der Waals surface area contributed by atoms with E-state index in [9.17, 15) is 9.59 Å². The van der Waals surface area contributed by atoms with E-state index in [0.717, 1.165) is 29.7 Å². The Kier molecular flexibility index (Phi) is 9.12. The van der Waals surface area contributed by atoms with Gasteiger partial charge in [0.05, 0.1) is 27.8 Å². The van der Waals surface area contributed by atoms with Crippen LogP contribution in [0, 0.1) is 0 Å². The smallest absolute Gasteiger partial charge is 0.307 e. The molecule has 0 heterocycles. The van der Waals surface area contributed by atoms with Crippen LogP contribution >= 0.6 is 0 Å². The Morgan fingerprint density at radius 3 is 2.06 bits per heavy atom. The van der Waals surface area contributed by atoms with Gasteiger partial charge in [0.1, 0.15) is 17.2 Å². The summed E-state index contributed by atoms with van der Waals surface area (Å²) in [7, 11) is 4.75. The van der Waals surface area contributed by atoms with Crippen molar-refractivity contribution in [3.05, 3.63) is 89.0 Å². The second-order valence-electron chi connectivity index (χ2n) is 8.13. The number of nitrogens with zero attached hydrogens (tertiary/aromatic N) is 1. The predicted molar refractivity (Wildman–Crippen MR) is 133 cm³/mol. The number of para-hydroxylation sites is 1. The quantitative estimate of drug-likeness (QED) is 0.410. The molecule has 3 rings (SSSR count). The average Bonchev–Trinajstić information content (AvgIpc) is 2.88. The Bertz CT molecular complexity index is 1120. The maximum Gasteiger partial charge on any atom is 0.307 e. The molecule has 7 heteroatoms. The highest BCUT2D eigenvalue weighted by Gasteiger charge is 2.19. The van der Waals surface area contributed by atoms with Gasteiger partial charge in [-0.15, -0.1) is 0 Å². The molecule has 0 bridgehead atoms.